The molecule has 18 heavy (non-hydrogen) atoms. The zero-order valence-electron chi connectivity index (χ0n) is 11.2. The lowest BCUT2D eigenvalue weighted by atomic mass is 10.1. The molecule has 0 bridgehead atoms. The Labute approximate surface area is 107 Å². The van der Waals surface area contributed by atoms with Gasteiger partial charge in [0, 0.05) is 12.1 Å². The van der Waals surface area contributed by atoms with E-state index in [0.717, 1.165) is 24.8 Å². The topological polar surface area (TPSA) is 43.8 Å². The van der Waals surface area contributed by atoms with E-state index in [1.165, 1.54) is 6.07 Å². The molecule has 0 aliphatic heterocycles. The molecular formula is C14H20FN3. The van der Waals surface area contributed by atoms with E-state index < -0.39 is 0 Å². The lowest BCUT2D eigenvalue weighted by Crippen LogP contribution is -2.08. The summed E-state index contributed by atoms with van der Waals surface area (Å²) in [6.07, 6.45) is 3.37. The molecule has 2 N–H and O–H groups in total. The Morgan fingerprint density at radius 2 is 2.17 bits per heavy atom. The van der Waals surface area contributed by atoms with Crippen molar-refractivity contribution in [1.29, 1.82) is 0 Å². The third-order valence-corrected chi connectivity index (χ3v) is 3.41. The van der Waals surface area contributed by atoms with Gasteiger partial charge in [0.05, 0.1) is 11.0 Å². The zero-order chi connectivity index (χ0) is 13.3. The van der Waals surface area contributed by atoms with E-state index >= 15 is 0 Å². The summed E-state index contributed by atoms with van der Waals surface area (Å²) in [5.41, 5.74) is 8.15. The molecule has 98 valence electrons. The van der Waals surface area contributed by atoms with Gasteiger partial charge in [0.15, 0.2) is 0 Å². The van der Waals surface area contributed by atoms with Crippen molar-refractivity contribution in [3.05, 3.63) is 23.5 Å². The first-order valence-corrected chi connectivity index (χ1v) is 6.48. The molecule has 1 aromatic carbocycles. The van der Waals surface area contributed by atoms with Gasteiger partial charge in [-0.2, -0.15) is 0 Å². The van der Waals surface area contributed by atoms with Crippen LogP contribution < -0.4 is 5.73 Å². The molecule has 0 aliphatic rings. The molecule has 0 saturated heterocycles. The number of unbranched alkanes of at least 4 members (excludes halogenated alkanes) is 1. The zero-order valence-corrected chi connectivity index (χ0v) is 11.2. The van der Waals surface area contributed by atoms with Crippen LogP contribution in [0.3, 0.4) is 0 Å². The number of hydrogen-bond donors (Lipinski definition) is 1. The fourth-order valence-electron chi connectivity index (χ4n) is 2.33. The van der Waals surface area contributed by atoms with Gasteiger partial charge in [-0.3, -0.25) is 0 Å². The van der Waals surface area contributed by atoms with Gasteiger partial charge >= 0.3 is 0 Å². The Bertz CT molecular complexity index is 560. The smallest absolute Gasteiger partial charge is 0.201 e. The van der Waals surface area contributed by atoms with E-state index in [2.05, 4.69) is 18.8 Å². The van der Waals surface area contributed by atoms with Crippen molar-refractivity contribution in [2.24, 2.45) is 0 Å². The number of halogens is 1. The Kier molecular flexibility index (Phi) is 3.55. The second-order valence-electron chi connectivity index (χ2n) is 4.92. The molecule has 1 aromatic heterocycles. The van der Waals surface area contributed by atoms with Crippen LogP contribution in [0.1, 0.15) is 44.7 Å². The van der Waals surface area contributed by atoms with Crippen molar-refractivity contribution in [3.8, 4) is 0 Å². The summed E-state index contributed by atoms with van der Waals surface area (Å²) in [4.78, 5) is 4.24. The number of hydrogen-bond acceptors (Lipinski definition) is 2. The second kappa shape index (κ2) is 4.96. The highest BCUT2D eigenvalue weighted by molar-refractivity contribution is 5.79. The summed E-state index contributed by atoms with van der Waals surface area (Å²) in [6.45, 7) is 6.06. The van der Waals surface area contributed by atoms with Crippen LogP contribution in [0.2, 0.25) is 0 Å². The number of aromatic nitrogens is 2. The Morgan fingerprint density at radius 3 is 2.83 bits per heavy atom. The van der Waals surface area contributed by atoms with Gasteiger partial charge in [-0.25, -0.2) is 9.37 Å². The van der Waals surface area contributed by atoms with E-state index in [4.69, 9.17) is 5.73 Å². The van der Waals surface area contributed by atoms with Gasteiger partial charge < -0.3 is 10.3 Å². The molecule has 0 saturated carbocycles. The van der Waals surface area contributed by atoms with E-state index in [1.54, 1.807) is 6.92 Å². The minimum absolute atomic E-state index is 0.228. The molecule has 0 radical (unpaired) electrons. The largest absolute Gasteiger partial charge is 0.369 e. The highest BCUT2D eigenvalue weighted by Crippen LogP contribution is 2.27. The van der Waals surface area contributed by atoms with Crippen molar-refractivity contribution >= 4 is 17.0 Å². The average molecular weight is 249 g/mol. The van der Waals surface area contributed by atoms with Gasteiger partial charge in [-0.15, -0.1) is 0 Å². The van der Waals surface area contributed by atoms with Crippen LogP contribution in [0.25, 0.3) is 11.0 Å². The van der Waals surface area contributed by atoms with Crippen molar-refractivity contribution < 1.29 is 4.39 Å². The Morgan fingerprint density at radius 1 is 1.44 bits per heavy atom. The fraction of sp³-hybridized carbons (Fsp3) is 0.500. The number of anilines is 1. The Hall–Kier alpha value is -1.58. The first-order chi connectivity index (χ1) is 8.54. The van der Waals surface area contributed by atoms with Crippen molar-refractivity contribution in [1.82, 2.24) is 9.55 Å². The van der Waals surface area contributed by atoms with E-state index in [9.17, 15) is 4.39 Å². The van der Waals surface area contributed by atoms with Gasteiger partial charge in [0.2, 0.25) is 5.95 Å². The van der Waals surface area contributed by atoms with Crippen molar-refractivity contribution in [3.63, 3.8) is 0 Å². The number of nitrogens with zero attached hydrogens (tertiary/aromatic N) is 2. The van der Waals surface area contributed by atoms with Gasteiger partial charge in [-0.1, -0.05) is 19.8 Å². The average Bonchev–Trinajstić information content (AvgIpc) is 2.62. The van der Waals surface area contributed by atoms with Gasteiger partial charge in [0.1, 0.15) is 5.82 Å². The second-order valence-corrected chi connectivity index (χ2v) is 4.92. The number of fused-ring (bicyclic) bond motifs is 1. The molecule has 1 heterocycles. The Balaban J connectivity index is 2.49. The van der Waals surface area contributed by atoms with Crippen LogP contribution in [0.4, 0.5) is 10.3 Å². The maximum atomic E-state index is 13.5. The third kappa shape index (κ3) is 2.19. The summed E-state index contributed by atoms with van der Waals surface area (Å²) in [5.74, 6) is 0.243. The van der Waals surface area contributed by atoms with E-state index in [0.29, 0.717) is 23.1 Å². The fourth-order valence-corrected chi connectivity index (χ4v) is 2.33. The molecule has 0 aliphatic carbocycles. The maximum absolute atomic E-state index is 13.5. The SMILES string of the molecule is CCCCC(C)n1c(N)nc2cc(F)c(C)cc21. The summed E-state index contributed by atoms with van der Waals surface area (Å²) in [7, 11) is 0. The van der Waals surface area contributed by atoms with Crippen molar-refractivity contribution in [2.75, 3.05) is 5.73 Å². The lowest BCUT2D eigenvalue weighted by Gasteiger charge is -2.15. The predicted octanol–water partition coefficient (Wildman–Crippen LogP) is 3.82. The lowest BCUT2D eigenvalue weighted by molar-refractivity contribution is 0.501. The molecular weight excluding hydrogens is 229 g/mol. The number of imidazole rings is 1. The van der Waals surface area contributed by atoms with Gasteiger partial charge in [0.25, 0.3) is 0 Å². The monoisotopic (exact) mass is 249 g/mol. The number of benzene rings is 1. The van der Waals surface area contributed by atoms with E-state index in [1.807, 2.05) is 10.6 Å². The van der Waals surface area contributed by atoms with Crippen LogP contribution in [0, 0.1) is 12.7 Å². The minimum Gasteiger partial charge on any atom is -0.369 e. The molecule has 0 fully saturated rings. The minimum atomic E-state index is -0.228. The molecule has 4 heteroatoms. The molecule has 2 aromatic rings. The number of rotatable bonds is 4. The molecule has 3 nitrogen and oxygen atoms in total. The number of aryl methyl sites for hydroxylation is 1. The quantitative estimate of drug-likeness (QED) is 0.895. The summed E-state index contributed by atoms with van der Waals surface area (Å²) >= 11 is 0. The van der Waals surface area contributed by atoms with Crippen LogP contribution in [-0.2, 0) is 0 Å². The van der Waals surface area contributed by atoms with Crippen LogP contribution in [0.5, 0.6) is 0 Å². The highest BCUT2D eigenvalue weighted by atomic mass is 19.1. The summed E-state index contributed by atoms with van der Waals surface area (Å²) in [6, 6.07) is 3.58. The molecule has 2 rings (SSSR count). The van der Waals surface area contributed by atoms with Crippen LogP contribution >= 0.6 is 0 Å². The number of nitrogens with two attached hydrogens (primary N) is 1. The standard InChI is InChI=1S/C14H20FN3/c1-4-5-6-10(3)18-13-7-9(2)11(15)8-12(13)17-14(18)16/h7-8,10H,4-6H2,1-3H3,(H2,16,17). The maximum Gasteiger partial charge on any atom is 0.201 e. The number of nitrogen functional groups attached to an aromatic ring is 1. The van der Waals surface area contributed by atoms with Crippen molar-refractivity contribution in [2.45, 2.75) is 46.1 Å². The van der Waals surface area contributed by atoms with E-state index in [-0.39, 0.29) is 5.82 Å². The third-order valence-electron chi connectivity index (χ3n) is 3.41. The van der Waals surface area contributed by atoms with Crippen LogP contribution in [0.15, 0.2) is 12.1 Å². The molecule has 1 unspecified atom stereocenters. The highest BCUT2D eigenvalue weighted by Gasteiger charge is 2.15. The van der Waals surface area contributed by atoms with Gasteiger partial charge in [-0.05, 0) is 31.9 Å². The first-order valence-electron chi connectivity index (χ1n) is 6.48. The summed E-state index contributed by atoms with van der Waals surface area (Å²) < 4.78 is 15.5. The predicted molar refractivity (Wildman–Crippen MR) is 73.1 cm³/mol. The first kappa shape index (κ1) is 12.9. The molecule has 0 spiro atoms. The normalized spacial score (nSPS) is 13.1. The summed E-state index contributed by atoms with van der Waals surface area (Å²) in [5, 5.41) is 0. The molecule has 0 amide bonds. The van der Waals surface area contributed by atoms with Crippen LogP contribution in [-0.4, -0.2) is 9.55 Å². The molecule has 1 atom stereocenters.